The van der Waals surface area contributed by atoms with Gasteiger partial charge in [0.15, 0.2) is 0 Å². The molecule has 2 heterocycles. The molecule has 0 saturated carbocycles. The number of morpholine rings is 1. The van der Waals surface area contributed by atoms with Crippen LogP contribution in [0.3, 0.4) is 0 Å². The molecule has 2 aliphatic rings. The number of hydrogen-bond donors (Lipinski definition) is 2. The lowest BCUT2D eigenvalue weighted by Crippen LogP contribution is -2.63. The zero-order chi connectivity index (χ0) is 15.6. The van der Waals surface area contributed by atoms with Crippen molar-refractivity contribution in [3.8, 4) is 0 Å². The molecule has 3 amide bonds. The number of carboxylic acid groups (broad SMARTS) is 1. The number of nitrogens with zero attached hydrogens (tertiary/aromatic N) is 2. The molecule has 0 aromatic rings. The van der Waals surface area contributed by atoms with Crippen molar-refractivity contribution in [2.45, 2.75) is 25.9 Å². The molecule has 0 aromatic heterocycles. The average Bonchev–Trinajstić information content (AvgIpc) is 2.35. The van der Waals surface area contributed by atoms with Crippen molar-refractivity contribution in [2.24, 2.45) is 5.92 Å². The molecule has 1 atom stereocenters. The molecule has 8 nitrogen and oxygen atoms in total. The molecule has 8 heteroatoms. The molecule has 1 unspecified atom stereocenters. The molecule has 2 fully saturated rings. The smallest absolute Gasteiger partial charge is 0.320 e. The van der Waals surface area contributed by atoms with E-state index in [0.717, 1.165) is 0 Å². The van der Waals surface area contributed by atoms with Crippen molar-refractivity contribution in [1.29, 1.82) is 0 Å². The quantitative estimate of drug-likeness (QED) is 0.721. The minimum absolute atomic E-state index is 0.0169. The van der Waals surface area contributed by atoms with Crippen LogP contribution < -0.4 is 5.32 Å². The van der Waals surface area contributed by atoms with Crippen LogP contribution in [0.5, 0.6) is 0 Å². The van der Waals surface area contributed by atoms with Crippen LogP contribution in [0.2, 0.25) is 0 Å². The van der Waals surface area contributed by atoms with Gasteiger partial charge in [-0.25, -0.2) is 4.79 Å². The normalized spacial score (nSPS) is 22.9. The largest absolute Gasteiger partial charge is 0.481 e. The van der Waals surface area contributed by atoms with E-state index in [1.807, 2.05) is 13.8 Å². The van der Waals surface area contributed by atoms with E-state index in [-0.39, 0.29) is 37.7 Å². The lowest BCUT2D eigenvalue weighted by Gasteiger charge is -2.43. The van der Waals surface area contributed by atoms with Crippen molar-refractivity contribution >= 4 is 17.9 Å². The Morgan fingerprint density at radius 3 is 2.52 bits per heavy atom. The number of urea groups is 1. The highest BCUT2D eigenvalue weighted by Crippen LogP contribution is 2.20. The Bertz CT molecular complexity index is 434. The lowest BCUT2D eigenvalue weighted by atomic mass is 10.0. The van der Waals surface area contributed by atoms with Crippen LogP contribution >= 0.6 is 0 Å². The monoisotopic (exact) mass is 299 g/mol. The SMILES string of the molecule is CC(C)NC(=O)C1COCCN1C(=O)N1CC(C(=O)O)C1. The summed E-state index contributed by atoms with van der Waals surface area (Å²) in [4.78, 5) is 38.2. The third-order valence-corrected chi connectivity index (χ3v) is 3.61. The fourth-order valence-electron chi connectivity index (χ4n) is 2.40. The maximum atomic E-state index is 12.4. The second kappa shape index (κ2) is 6.30. The summed E-state index contributed by atoms with van der Waals surface area (Å²) in [6.45, 7) is 4.98. The Balaban J connectivity index is 1.97. The highest BCUT2D eigenvalue weighted by molar-refractivity contribution is 5.88. The summed E-state index contributed by atoms with van der Waals surface area (Å²) >= 11 is 0. The van der Waals surface area contributed by atoms with Gasteiger partial charge in [-0.2, -0.15) is 0 Å². The molecule has 2 aliphatic heterocycles. The standard InChI is InChI=1S/C13H21N3O5/c1-8(2)14-11(17)10-7-21-4-3-16(10)13(20)15-5-9(6-15)12(18)19/h8-10H,3-7H2,1-2H3,(H,14,17)(H,18,19). The third kappa shape index (κ3) is 3.44. The topological polar surface area (TPSA) is 99.2 Å². The van der Waals surface area contributed by atoms with Crippen molar-refractivity contribution < 1.29 is 24.2 Å². The van der Waals surface area contributed by atoms with Crippen LogP contribution in [0.15, 0.2) is 0 Å². The van der Waals surface area contributed by atoms with Gasteiger partial charge in [0.2, 0.25) is 5.91 Å². The predicted molar refractivity (Wildman–Crippen MR) is 72.7 cm³/mol. The van der Waals surface area contributed by atoms with Gasteiger partial charge in [0, 0.05) is 25.7 Å². The first-order valence-electron chi connectivity index (χ1n) is 7.06. The van der Waals surface area contributed by atoms with E-state index in [4.69, 9.17) is 9.84 Å². The number of aliphatic carboxylic acids is 1. The molecule has 0 aliphatic carbocycles. The van der Waals surface area contributed by atoms with Crippen LogP contribution in [-0.4, -0.2) is 77.7 Å². The molecule has 2 N–H and O–H groups in total. The Morgan fingerprint density at radius 2 is 1.95 bits per heavy atom. The first kappa shape index (κ1) is 15.6. The van der Waals surface area contributed by atoms with Gasteiger partial charge >= 0.3 is 12.0 Å². The predicted octanol–water partition coefficient (Wildman–Crippen LogP) is -0.652. The number of carbonyl (C=O) groups is 3. The molecular formula is C13H21N3O5. The fourth-order valence-corrected chi connectivity index (χ4v) is 2.40. The van der Waals surface area contributed by atoms with E-state index < -0.39 is 17.9 Å². The Labute approximate surface area is 123 Å². The number of rotatable bonds is 3. The highest BCUT2D eigenvalue weighted by atomic mass is 16.5. The summed E-state index contributed by atoms with van der Waals surface area (Å²) in [7, 11) is 0. The van der Waals surface area contributed by atoms with Crippen LogP contribution in [0.1, 0.15) is 13.8 Å². The first-order chi connectivity index (χ1) is 9.90. The van der Waals surface area contributed by atoms with Gasteiger partial charge in [0.1, 0.15) is 6.04 Å². The molecule has 118 valence electrons. The summed E-state index contributed by atoms with van der Waals surface area (Å²) < 4.78 is 5.29. The number of nitrogens with one attached hydrogen (secondary N) is 1. The van der Waals surface area contributed by atoms with Gasteiger partial charge in [-0.05, 0) is 13.8 Å². The molecule has 0 spiro atoms. The number of amides is 3. The minimum atomic E-state index is -0.893. The second-order valence-electron chi connectivity index (χ2n) is 5.67. The summed E-state index contributed by atoms with van der Waals surface area (Å²) in [5, 5.41) is 11.6. The zero-order valence-electron chi connectivity index (χ0n) is 12.2. The van der Waals surface area contributed by atoms with Gasteiger partial charge < -0.3 is 25.0 Å². The summed E-state index contributed by atoms with van der Waals surface area (Å²) in [5.74, 6) is -1.64. The van der Waals surface area contributed by atoms with E-state index in [0.29, 0.717) is 13.2 Å². The number of hydrogen-bond acceptors (Lipinski definition) is 4. The molecule has 0 aromatic carbocycles. The maximum Gasteiger partial charge on any atom is 0.320 e. The van der Waals surface area contributed by atoms with E-state index >= 15 is 0 Å². The molecular weight excluding hydrogens is 278 g/mol. The van der Waals surface area contributed by atoms with Crippen molar-refractivity contribution in [3.05, 3.63) is 0 Å². The van der Waals surface area contributed by atoms with E-state index in [1.54, 1.807) is 0 Å². The van der Waals surface area contributed by atoms with Crippen LogP contribution in [0.25, 0.3) is 0 Å². The van der Waals surface area contributed by atoms with Crippen molar-refractivity contribution in [1.82, 2.24) is 15.1 Å². The third-order valence-electron chi connectivity index (χ3n) is 3.61. The molecule has 21 heavy (non-hydrogen) atoms. The average molecular weight is 299 g/mol. The van der Waals surface area contributed by atoms with Gasteiger partial charge in [0.05, 0.1) is 19.1 Å². The molecule has 2 rings (SSSR count). The second-order valence-corrected chi connectivity index (χ2v) is 5.67. The lowest BCUT2D eigenvalue weighted by molar-refractivity contribution is -0.147. The number of likely N-dealkylation sites (tertiary alicyclic amines) is 1. The van der Waals surface area contributed by atoms with Crippen molar-refractivity contribution in [2.75, 3.05) is 32.8 Å². The number of ether oxygens (including phenoxy) is 1. The van der Waals surface area contributed by atoms with Gasteiger partial charge in [-0.3, -0.25) is 9.59 Å². The van der Waals surface area contributed by atoms with Gasteiger partial charge in [-0.1, -0.05) is 0 Å². The summed E-state index contributed by atoms with van der Waals surface area (Å²) in [5.41, 5.74) is 0. The van der Waals surface area contributed by atoms with Crippen LogP contribution in [0.4, 0.5) is 4.79 Å². The first-order valence-corrected chi connectivity index (χ1v) is 7.06. The molecule has 0 radical (unpaired) electrons. The van der Waals surface area contributed by atoms with E-state index in [1.165, 1.54) is 9.80 Å². The minimum Gasteiger partial charge on any atom is -0.481 e. The van der Waals surface area contributed by atoms with E-state index in [2.05, 4.69) is 5.32 Å². The molecule has 2 saturated heterocycles. The van der Waals surface area contributed by atoms with Crippen LogP contribution in [0, 0.1) is 5.92 Å². The van der Waals surface area contributed by atoms with E-state index in [9.17, 15) is 14.4 Å². The Kier molecular flexibility index (Phi) is 4.66. The zero-order valence-corrected chi connectivity index (χ0v) is 12.2. The Morgan fingerprint density at radius 1 is 1.29 bits per heavy atom. The summed E-state index contributed by atoms with van der Waals surface area (Å²) in [6.07, 6.45) is 0. The Hall–Kier alpha value is -1.83. The maximum absolute atomic E-state index is 12.4. The summed E-state index contributed by atoms with van der Waals surface area (Å²) in [6, 6.07) is -0.964. The molecule has 0 bridgehead atoms. The van der Waals surface area contributed by atoms with Gasteiger partial charge in [0.25, 0.3) is 0 Å². The number of carboxylic acids is 1. The number of carbonyl (C=O) groups excluding carboxylic acids is 2. The van der Waals surface area contributed by atoms with Gasteiger partial charge in [-0.15, -0.1) is 0 Å². The van der Waals surface area contributed by atoms with Crippen LogP contribution in [-0.2, 0) is 14.3 Å². The highest BCUT2D eigenvalue weighted by Gasteiger charge is 2.41. The fraction of sp³-hybridized carbons (Fsp3) is 0.769. The van der Waals surface area contributed by atoms with Crippen molar-refractivity contribution in [3.63, 3.8) is 0 Å².